The van der Waals surface area contributed by atoms with Gasteiger partial charge in [-0.05, 0) is 72.5 Å². The lowest BCUT2D eigenvalue weighted by Crippen LogP contribution is -2.11. The Morgan fingerprint density at radius 1 is 0.431 bits per heavy atom. The van der Waals surface area contributed by atoms with Crippen molar-refractivity contribution in [2.24, 2.45) is 0 Å². The van der Waals surface area contributed by atoms with Gasteiger partial charge in [0.15, 0.2) is 0 Å². The van der Waals surface area contributed by atoms with E-state index in [1.165, 1.54) is 12.5 Å². The molecule has 0 radical (unpaired) electrons. The van der Waals surface area contributed by atoms with Crippen LogP contribution in [0.4, 0.5) is 0 Å². The van der Waals surface area contributed by atoms with E-state index in [2.05, 4.69) is 0 Å². The van der Waals surface area contributed by atoms with E-state index < -0.39 is 11.9 Å². The van der Waals surface area contributed by atoms with Crippen LogP contribution < -0.4 is 18.9 Å². The third kappa shape index (κ3) is 12.0. The van der Waals surface area contributed by atoms with Crippen LogP contribution in [0.15, 0.2) is 181 Å². The molecule has 6 aromatic rings. The smallest absolute Gasteiger partial charge is 0.336 e. The molecule has 8 nitrogen and oxygen atoms in total. The Morgan fingerprint density at radius 2 is 0.810 bits per heavy atom. The van der Waals surface area contributed by atoms with Crippen molar-refractivity contribution in [1.82, 2.24) is 0 Å². The highest BCUT2D eigenvalue weighted by Gasteiger charge is 2.13. The van der Waals surface area contributed by atoms with Crippen molar-refractivity contribution >= 4 is 11.9 Å². The maximum atomic E-state index is 12.6. The summed E-state index contributed by atoms with van der Waals surface area (Å²) in [5.74, 6) is 1.69. The lowest BCUT2D eigenvalue weighted by Gasteiger charge is -2.15. The molecule has 0 aromatic heterocycles. The average Bonchev–Trinajstić information content (AvgIpc) is 3.28. The van der Waals surface area contributed by atoms with Crippen molar-refractivity contribution in [1.29, 1.82) is 0 Å². The first-order valence-corrected chi connectivity index (χ1v) is 19.2. The zero-order valence-electron chi connectivity index (χ0n) is 32.7. The van der Waals surface area contributed by atoms with Crippen molar-refractivity contribution < 1.29 is 38.0 Å². The number of ether oxygens (including phenoxy) is 6. The summed E-state index contributed by atoms with van der Waals surface area (Å²) in [4.78, 5) is 25.2. The highest BCUT2D eigenvalue weighted by Crippen LogP contribution is 2.36. The lowest BCUT2D eigenvalue weighted by molar-refractivity contribution is -0.140. The van der Waals surface area contributed by atoms with Crippen LogP contribution in [0.5, 0.6) is 23.0 Å². The summed E-state index contributed by atoms with van der Waals surface area (Å²) in [6.07, 6.45) is 3.81. The molecular formula is C50H46O8. The fraction of sp³-hybridized carbons (Fsp3) is 0.160. The van der Waals surface area contributed by atoms with Gasteiger partial charge in [-0.2, -0.15) is 0 Å². The van der Waals surface area contributed by atoms with Crippen LogP contribution in [0.2, 0.25) is 0 Å². The number of esters is 2. The van der Waals surface area contributed by atoms with Crippen LogP contribution in [0.25, 0.3) is 33.4 Å². The summed E-state index contributed by atoms with van der Waals surface area (Å²) in [5.41, 5.74) is 6.63. The maximum absolute atomic E-state index is 12.6. The summed E-state index contributed by atoms with van der Waals surface area (Å²) < 4.78 is 34.8. The van der Waals surface area contributed by atoms with Gasteiger partial charge >= 0.3 is 11.9 Å². The van der Waals surface area contributed by atoms with Crippen molar-refractivity contribution in [2.45, 2.75) is 26.7 Å². The minimum atomic E-state index is -0.457. The fourth-order valence-electron chi connectivity index (χ4n) is 5.84. The van der Waals surface area contributed by atoms with Crippen LogP contribution in [0.1, 0.15) is 26.7 Å². The highest BCUT2D eigenvalue weighted by atomic mass is 16.5. The molecule has 58 heavy (non-hydrogen) atoms. The molecule has 0 N–H and O–H groups in total. The van der Waals surface area contributed by atoms with Gasteiger partial charge in [-0.25, -0.2) is 9.59 Å². The quantitative estimate of drug-likeness (QED) is 0.0348. The van der Waals surface area contributed by atoms with Gasteiger partial charge in [-0.15, -0.1) is 0 Å². The van der Waals surface area contributed by atoms with E-state index >= 15 is 0 Å². The van der Waals surface area contributed by atoms with Crippen LogP contribution in [0.3, 0.4) is 0 Å². The van der Waals surface area contributed by atoms with Crippen LogP contribution in [-0.4, -0.2) is 38.4 Å². The lowest BCUT2D eigenvalue weighted by atomic mass is 10.0. The number of hydrogen-bond acceptors (Lipinski definition) is 8. The van der Waals surface area contributed by atoms with E-state index in [1.807, 2.05) is 158 Å². The fourth-order valence-corrected chi connectivity index (χ4v) is 5.84. The second kappa shape index (κ2) is 21.3. The molecule has 0 heterocycles. The summed E-state index contributed by atoms with van der Waals surface area (Å²) >= 11 is 0. The normalized spacial score (nSPS) is 11.3. The standard InChI is InChI=1S/C50H46O8/c1-37(35-57-43-23-13-21-41(33-43)39-17-5-3-6-18-39)49(51)55-31-15-29-53-47-27-11-9-25-45(47)46-26-10-12-28-48(46)54-30-16-32-56-50(52)38(2)36-58-44-24-14-22-42(34-44)40-19-7-4-8-20-40/h3-14,17-28,33-36H,15-16,29-32H2,1-2H3. The zero-order valence-corrected chi connectivity index (χ0v) is 32.7. The van der Waals surface area contributed by atoms with E-state index in [0.29, 0.717) is 60.2 Å². The Morgan fingerprint density at radius 3 is 1.24 bits per heavy atom. The predicted octanol–water partition coefficient (Wildman–Crippen LogP) is 11.3. The monoisotopic (exact) mass is 774 g/mol. The van der Waals surface area contributed by atoms with Gasteiger partial charge in [0.25, 0.3) is 0 Å². The van der Waals surface area contributed by atoms with E-state index in [4.69, 9.17) is 28.4 Å². The Bertz CT molecular complexity index is 2150. The minimum Gasteiger partial charge on any atom is -0.493 e. The highest BCUT2D eigenvalue weighted by molar-refractivity contribution is 5.88. The topological polar surface area (TPSA) is 89.5 Å². The first-order valence-electron chi connectivity index (χ1n) is 19.2. The van der Waals surface area contributed by atoms with Crippen molar-refractivity contribution in [3.63, 3.8) is 0 Å². The predicted molar refractivity (Wildman–Crippen MR) is 227 cm³/mol. The van der Waals surface area contributed by atoms with E-state index in [9.17, 15) is 9.59 Å². The number of para-hydroxylation sites is 2. The maximum Gasteiger partial charge on any atom is 0.336 e. The van der Waals surface area contributed by atoms with Gasteiger partial charge in [0.1, 0.15) is 35.5 Å². The first kappa shape index (κ1) is 40.6. The van der Waals surface area contributed by atoms with Crippen LogP contribution in [-0.2, 0) is 19.1 Å². The largest absolute Gasteiger partial charge is 0.493 e. The molecule has 0 aliphatic heterocycles. The van der Waals surface area contributed by atoms with Gasteiger partial charge in [0.2, 0.25) is 0 Å². The second-order valence-corrected chi connectivity index (χ2v) is 13.3. The van der Waals surface area contributed by atoms with Crippen LogP contribution in [0, 0.1) is 0 Å². The number of hydrogen-bond donors (Lipinski definition) is 0. The number of rotatable bonds is 19. The van der Waals surface area contributed by atoms with Crippen molar-refractivity contribution in [3.05, 3.63) is 181 Å². The molecule has 6 aromatic carbocycles. The Labute approximate surface area is 339 Å². The molecule has 0 amide bonds. The van der Waals surface area contributed by atoms with Gasteiger partial charge in [-0.3, -0.25) is 0 Å². The molecule has 0 bridgehead atoms. The van der Waals surface area contributed by atoms with E-state index in [0.717, 1.165) is 33.4 Å². The molecule has 0 aliphatic carbocycles. The molecule has 0 unspecified atom stereocenters. The van der Waals surface area contributed by atoms with E-state index in [1.54, 1.807) is 13.8 Å². The van der Waals surface area contributed by atoms with Gasteiger partial charge < -0.3 is 28.4 Å². The SMILES string of the molecule is CC(=COc1cccc(-c2ccccc2)c1)C(=O)OCCCOc1ccccc1-c1ccccc1OCCCOC(=O)C(C)=COc1cccc(-c2ccccc2)c1. The van der Waals surface area contributed by atoms with E-state index in [-0.39, 0.29) is 13.2 Å². The summed E-state index contributed by atoms with van der Waals surface area (Å²) in [6, 6.07) is 50.8. The van der Waals surface area contributed by atoms with Crippen LogP contribution >= 0.6 is 0 Å². The van der Waals surface area contributed by atoms with Gasteiger partial charge in [0.05, 0.1) is 37.6 Å². The minimum absolute atomic E-state index is 0.185. The molecule has 0 aliphatic rings. The molecule has 0 fully saturated rings. The summed E-state index contributed by atoms with van der Waals surface area (Å²) in [7, 11) is 0. The molecule has 0 spiro atoms. The molecule has 0 saturated carbocycles. The molecule has 294 valence electrons. The number of carbonyl (C=O) groups excluding carboxylic acids is 2. The number of carbonyl (C=O) groups is 2. The molecule has 0 saturated heterocycles. The molecule has 6 rings (SSSR count). The van der Waals surface area contributed by atoms with Gasteiger partial charge in [0, 0.05) is 24.0 Å². The third-order valence-electron chi connectivity index (χ3n) is 8.89. The second-order valence-electron chi connectivity index (χ2n) is 13.3. The Kier molecular flexibility index (Phi) is 14.9. The Balaban J connectivity index is 0.920. The summed E-state index contributed by atoms with van der Waals surface area (Å²) in [6.45, 7) is 4.36. The zero-order chi connectivity index (χ0) is 40.4. The van der Waals surface area contributed by atoms with Crippen molar-refractivity contribution in [2.75, 3.05) is 26.4 Å². The van der Waals surface area contributed by atoms with Gasteiger partial charge in [-0.1, -0.05) is 121 Å². The first-order chi connectivity index (χ1) is 28.4. The molecule has 0 atom stereocenters. The third-order valence-corrected chi connectivity index (χ3v) is 8.89. The molecular weight excluding hydrogens is 729 g/mol. The summed E-state index contributed by atoms with van der Waals surface area (Å²) in [5, 5.41) is 0. The number of benzene rings is 6. The average molecular weight is 775 g/mol. The molecule has 8 heteroatoms. The van der Waals surface area contributed by atoms with Crippen molar-refractivity contribution in [3.8, 4) is 56.4 Å². The Hall–Kier alpha value is -7.06.